The normalized spacial score (nSPS) is 12.0. The van der Waals surface area contributed by atoms with E-state index in [1.54, 1.807) is 16.9 Å². The number of carbonyl (C=O) groups is 1. The Bertz CT molecular complexity index is 649. The number of aryl methyl sites for hydroxylation is 2. The Kier molecular flexibility index (Phi) is 5.20. The quantitative estimate of drug-likeness (QED) is 0.892. The van der Waals surface area contributed by atoms with Gasteiger partial charge in [0.1, 0.15) is 11.4 Å². The molecule has 1 aromatic heterocycles. The van der Waals surface area contributed by atoms with Crippen molar-refractivity contribution in [1.29, 1.82) is 0 Å². The van der Waals surface area contributed by atoms with Gasteiger partial charge < -0.3 is 10.1 Å². The third-order valence-electron chi connectivity index (χ3n) is 3.56. The Hall–Kier alpha value is -2.30. The number of carbonyl (C=O) groups excluding carboxylic acids is 1. The SMILES string of the molecule is CCC(C)NC(=O)c1ccn(COc2cc(C)ccc2C)n1. The number of nitrogens with one attached hydrogen (secondary N) is 1. The lowest BCUT2D eigenvalue weighted by Gasteiger charge is -2.10. The summed E-state index contributed by atoms with van der Waals surface area (Å²) in [7, 11) is 0. The van der Waals surface area contributed by atoms with Gasteiger partial charge in [0.15, 0.2) is 6.73 Å². The van der Waals surface area contributed by atoms with E-state index in [0.29, 0.717) is 5.69 Å². The molecule has 0 aliphatic rings. The van der Waals surface area contributed by atoms with Gasteiger partial charge in [-0.2, -0.15) is 5.10 Å². The van der Waals surface area contributed by atoms with E-state index in [1.165, 1.54) is 0 Å². The summed E-state index contributed by atoms with van der Waals surface area (Å²) in [5, 5.41) is 7.14. The van der Waals surface area contributed by atoms with Crippen LogP contribution in [0.1, 0.15) is 41.9 Å². The molecule has 2 aromatic rings. The minimum Gasteiger partial charge on any atom is -0.471 e. The van der Waals surface area contributed by atoms with Gasteiger partial charge in [-0.05, 0) is 50.5 Å². The van der Waals surface area contributed by atoms with E-state index in [1.807, 2.05) is 45.9 Å². The summed E-state index contributed by atoms with van der Waals surface area (Å²) in [5.41, 5.74) is 2.63. The smallest absolute Gasteiger partial charge is 0.271 e. The molecule has 1 amide bonds. The fourth-order valence-electron chi connectivity index (χ4n) is 1.95. The molecular weight excluding hydrogens is 278 g/mol. The molecule has 1 unspecified atom stereocenters. The highest BCUT2D eigenvalue weighted by molar-refractivity contribution is 5.92. The van der Waals surface area contributed by atoms with Crippen LogP contribution in [0.25, 0.3) is 0 Å². The molecule has 5 heteroatoms. The molecule has 0 fully saturated rings. The zero-order valence-corrected chi connectivity index (χ0v) is 13.6. The Labute approximate surface area is 131 Å². The molecule has 1 N–H and O–H groups in total. The predicted molar refractivity (Wildman–Crippen MR) is 86.0 cm³/mol. The first-order valence-electron chi connectivity index (χ1n) is 7.54. The van der Waals surface area contributed by atoms with Crippen molar-refractivity contribution in [2.45, 2.75) is 46.9 Å². The first-order valence-corrected chi connectivity index (χ1v) is 7.54. The van der Waals surface area contributed by atoms with Gasteiger partial charge in [-0.25, -0.2) is 4.68 Å². The molecule has 5 nitrogen and oxygen atoms in total. The van der Waals surface area contributed by atoms with Crippen LogP contribution in [0.5, 0.6) is 5.75 Å². The van der Waals surface area contributed by atoms with Crippen molar-refractivity contribution >= 4 is 5.91 Å². The minimum atomic E-state index is -0.153. The molecule has 0 radical (unpaired) electrons. The van der Waals surface area contributed by atoms with E-state index in [4.69, 9.17) is 4.74 Å². The Morgan fingerprint density at radius 2 is 2.14 bits per heavy atom. The molecule has 0 spiro atoms. The summed E-state index contributed by atoms with van der Waals surface area (Å²) >= 11 is 0. The molecule has 2 rings (SSSR count). The first-order chi connectivity index (χ1) is 10.5. The highest BCUT2D eigenvalue weighted by atomic mass is 16.5. The average molecular weight is 301 g/mol. The Morgan fingerprint density at radius 1 is 1.36 bits per heavy atom. The van der Waals surface area contributed by atoms with Crippen molar-refractivity contribution in [2.24, 2.45) is 0 Å². The summed E-state index contributed by atoms with van der Waals surface area (Å²) in [6, 6.07) is 7.91. The summed E-state index contributed by atoms with van der Waals surface area (Å²) in [6.07, 6.45) is 2.64. The predicted octanol–water partition coefficient (Wildman–Crippen LogP) is 3.06. The fourth-order valence-corrected chi connectivity index (χ4v) is 1.95. The van der Waals surface area contributed by atoms with Gasteiger partial charge >= 0.3 is 0 Å². The van der Waals surface area contributed by atoms with Gasteiger partial charge in [0.2, 0.25) is 0 Å². The summed E-state index contributed by atoms with van der Waals surface area (Å²) < 4.78 is 7.39. The third-order valence-corrected chi connectivity index (χ3v) is 3.56. The van der Waals surface area contributed by atoms with Crippen LogP contribution < -0.4 is 10.1 Å². The highest BCUT2D eigenvalue weighted by Gasteiger charge is 2.11. The van der Waals surface area contributed by atoms with E-state index < -0.39 is 0 Å². The number of nitrogens with zero attached hydrogens (tertiary/aromatic N) is 2. The number of hydrogen-bond donors (Lipinski definition) is 1. The summed E-state index contributed by atoms with van der Waals surface area (Å²) in [4.78, 5) is 12.0. The maximum absolute atomic E-state index is 12.0. The van der Waals surface area contributed by atoms with Crippen LogP contribution in [0.15, 0.2) is 30.5 Å². The second-order valence-electron chi connectivity index (χ2n) is 5.57. The molecule has 0 aliphatic heterocycles. The largest absolute Gasteiger partial charge is 0.471 e. The zero-order valence-electron chi connectivity index (χ0n) is 13.6. The van der Waals surface area contributed by atoms with Crippen molar-refractivity contribution in [3.8, 4) is 5.75 Å². The van der Waals surface area contributed by atoms with Crippen LogP contribution in [0, 0.1) is 13.8 Å². The monoisotopic (exact) mass is 301 g/mol. The fraction of sp³-hybridized carbons (Fsp3) is 0.412. The lowest BCUT2D eigenvalue weighted by molar-refractivity contribution is 0.0932. The number of amides is 1. The maximum atomic E-state index is 12.0. The topological polar surface area (TPSA) is 56.2 Å². The minimum absolute atomic E-state index is 0.142. The molecule has 1 atom stereocenters. The number of aromatic nitrogens is 2. The Balaban J connectivity index is 1.97. The Morgan fingerprint density at radius 3 is 2.86 bits per heavy atom. The van der Waals surface area contributed by atoms with Crippen LogP contribution >= 0.6 is 0 Å². The second-order valence-corrected chi connectivity index (χ2v) is 5.57. The van der Waals surface area contributed by atoms with Gasteiger partial charge in [-0.1, -0.05) is 19.1 Å². The molecular formula is C17H23N3O2. The van der Waals surface area contributed by atoms with Crippen molar-refractivity contribution < 1.29 is 9.53 Å². The van der Waals surface area contributed by atoms with Crippen LogP contribution in [0.4, 0.5) is 0 Å². The van der Waals surface area contributed by atoms with Crippen LogP contribution in [-0.4, -0.2) is 21.7 Å². The zero-order chi connectivity index (χ0) is 16.1. The van der Waals surface area contributed by atoms with Gasteiger partial charge in [0.25, 0.3) is 5.91 Å². The lowest BCUT2D eigenvalue weighted by atomic mass is 10.1. The van der Waals surface area contributed by atoms with Gasteiger partial charge in [-0.15, -0.1) is 0 Å². The van der Waals surface area contributed by atoms with Crippen LogP contribution in [0.3, 0.4) is 0 Å². The molecule has 0 saturated heterocycles. The van der Waals surface area contributed by atoms with E-state index in [0.717, 1.165) is 23.3 Å². The van der Waals surface area contributed by atoms with E-state index in [9.17, 15) is 4.79 Å². The lowest BCUT2D eigenvalue weighted by Crippen LogP contribution is -2.32. The van der Waals surface area contributed by atoms with E-state index in [2.05, 4.69) is 10.4 Å². The number of hydrogen-bond acceptors (Lipinski definition) is 3. The molecule has 1 heterocycles. The maximum Gasteiger partial charge on any atom is 0.271 e. The van der Waals surface area contributed by atoms with Crippen molar-refractivity contribution in [3.05, 3.63) is 47.3 Å². The van der Waals surface area contributed by atoms with Crippen LogP contribution in [0.2, 0.25) is 0 Å². The molecule has 0 saturated carbocycles. The summed E-state index contributed by atoms with van der Waals surface area (Å²) in [5.74, 6) is 0.681. The van der Waals surface area contributed by atoms with Gasteiger partial charge in [0, 0.05) is 12.2 Å². The van der Waals surface area contributed by atoms with Crippen LogP contribution in [-0.2, 0) is 6.73 Å². The van der Waals surface area contributed by atoms with Gasteiger partial charge in [0.05, 0.1) is 0 Å². The number of rotatable bonds is 6. The molecule has 118 valence electrons. The number of ether oxygens (including phenoxy) is 1. The molecule has 0 bridgehead atoms. The van der Waals surface area contributed by atoms with E-state index >= 15 is 0 Å². The van der Waals surface area contributed by atoms with Gasteiger partial charge in [-0.3, -0.25) is 4.79 Å². The standard InChI is InChI=1S/C17H23N3O2/c1-5-14(4)18-17(21)15-8-9-20(19-15)11-22-16-10-12(2)6-7-13(16)3/h6-10,14H,5,11H2,1-4H3,(H,18,21). The van der Waals surface area contributed by atoms with E-state index in [-0.39, 0.29) is 18.7 Å². The third kappa shape index (κ3) is 4.10. The first kappa shape index (κ1) is 16.1. The highest BCUT2D eigenvalue weighted by Crippen LogP contribution is 2.19. The molecule has 0 aliphatic carbocycles. The van der Waals surface area contributed by atoms with Crippen molar-refractivity contribution in [1.82, 2.24) is 15.1 Å². The average Bonchev–Trinajstić information content (AvgIpc) is 2.97. The van der Waals surface area contributed by atoms with Crippen molar-refractivity contribution in [3.63, 3.8) is 0 Å². The summed E-state index contributed by atoms with van der Waals surface area (Å²) in [6.45, 7) is 8.31. The second kappa shape index (κ2) is 7.11. The number of benzene rings is 1. The van der Waals surface area contributed by atoms with Crippen molar-refractivity contribution in [2.75, 3.05) is 0 Å². The molecule has 1 aromatic carbocycles. The molecule has 22 heavy (non-hydrogen) atoms.